The molecule has 0 aliphatic rings. The molecule has 20 heavy (non-hydrogen) atoms. The third kappa shape index (κ3) is 2.88. The van der Waals surface area contributed by atoms with Crippen molar-refractivity contribution in [2.75, 3.05) is 12.4 Å². The van der Waals surface area contributed by atoms with Gasteiger partial charge in [0.25, 0.3) is 5.91 Å². The van der Waals surface area contributed by atoms with Crippen molar-refractivity contribution >= 4 is 11.6 Å². The summed E-state index contributed by atoms with van der Waals surface area (Å²) < 4.78 is 18.1. The molecule has 0 bridgehead atoms. The number of rotatable bonds is 3. The molecule has 0 heterocycles. The highest BCUT2D eigenvalue weighted by atomic mass is 19.1. The van der Waals surface area contributed by atoms with Crippen LogP contribution in [0.2, 0.25) is 0 Å². The topological polar surface area (TPSA) is 58.6 Å². The van der Waals surface area contributed by atoms with Crippen molar-refractivity contribution in [3.8, 4) is 11.5 Å². The second-order valence-electron chi connectivity index (χ2n) is 4.30. The van der Waals surface area contributed by atoms with Gasteiger partial charge in [-0.25, -0.2) is 4.39 Å². The molecule has 0 saturated carbocycles. The molecular formula is C15H14FNO3. The summed E-state index contributed by atoms with van der Waals surface area (Å²) in [6.07, 6.45) is 0. The molecule has 2 aromatic rings. The number of hydrogen-bond donors (Lipinski definition) is 2. The molecular weight excluding hydrogens is 261 g/mol. The molecule has 2 rings (SSSR count). The summed E-state index contributed by atoms with van der Waals surface area (Å²) in [4.78, 5) is 12.0. The van der Waals surface area contributed by atoms with Gasteiger partial charge < -0.3 is 15.2 Å². The van der Waals surface area contributed by atoms with Crippen LogP contribution in [0.3, 0.4) is 0 Å². The fraction of sp³-hybridized carbons (Fsp3) is 0.133. The predicted octanol–water partition coefficient (Wildman–Crippen LogP) is 3.10. The molecule has 4 nitrogen and oxygen atoms in total. The third-order valence-corrected chi connectivity index (χ3v) is 2.88. The highest BCUT2D eigenvalue weighted by Crippen LogP contribution is 2.23. The normalized spacial score (nSPS) is 10.2. The van der Waals surface area contributed by atoms with Crippen molar-refractivity contribution in [2.24, 2.45) is 0 Å². The van der Waals surface area contributed by atoms with Crippen LogP contribution in [0.1, 0.15) is 15.9 Å². The van der Waals surface area contributed by atoms with E-state index in [9.17, 15) is 14.3 Å². The van der Waals surface area contributed by atoms with Crippen LogP contribution in [0, 0.1) is 12.7 Å². The number of benzene rings is 2. The molecule has 2 N–H and O–H groups in total. The molecule has 2 aromatic carbocycles. The maximum atomic E-state index is 13.3. The van der Waals surface area contributed by atoms with Crippen molar-refractivity contribution in [1.29, 1.82) is 0 Å². The Morgan fingerprint density at radius 1 is 1.25 bits per heavy atom. The van der Waals surface area contributed by atoms with Crippen molar-refractivity contribution in [1.82, 2.24) is 0 Å². The Kier molecular flexibility index (Phi) is 3.89. The number of nitrogens with one attached hydrogen (secondary N) is 1. The quantitative estimate of drug-likeness (QED) is 0.905. The van der Waals surface area contributed by atoms with Gasteiger partial charge in [-0.3, -0.25) is 4.79 Å². The number of anilines is 1. The lowest BCUT2D eigenvalue weighted by atomic mass is 10.1. The first-order valence-corrected chi connectivity index (χ1v) is 5.96. The van der Waals surface area contributed by atoms with Crippen molar-refractivity contribution < 1.29 is 19.0 Å². The van der Waals surface area contributed by atoms with E-state index in [4.69, 9.17) is 4.74 Å². The molecule has 0 fully saturated rings. The highest BCUT2D eigenvalue weighted by Gasteiger charge is 2.10. The van der Waals surface area contributed by atoms with E-state index in [2.05, 4.69) is 5.32 Å². The van der Waals surface area contributed by atoms with E-state index in [1.54, 1.807) is 19.1 Å². The standard InChI is InChI=1S/C15H14FNO3/c1-9-3-4-10(7-13(9)18)15(19)17-11-5-6-12(16)14(8-11)20-2/h3-8,18H,1-2H3,(H,17,19). The van der Waals surface area contributed by atoms with Crippen LogP contribution in [-0.2, 0) is 0 Å². The third-order valence-electron chi connectivity index (χ3n) is 2.88. The number of phenolic OH excluding ortho intramolecular Hbond substituents is 1. The van der Waals surface area contributed by atoms with E-state index in [1.165, 1.54) is 31.4 Å². The zero-order chi connectivity index (χ0) is 14.7. The van der Waals surface area contributed by atoms with Gasteiger partial charge in [-0.1, -0.05) is 6.07 Å². The highest BCUT2D eigenvalue weighted by molar-refractivity contribution is 6.04. The summed E-state index contributed by atoms with van der Waals surface area (Å²) in [7, 11) is 1.35. The van der Waals surface area contributed by atoms with E-state index in [0.717, 1.165) is 0 Å². The zero-order valence-corrected chi connectivity index (χ0v) is 11.1. The monoisotopic (exact) mass is 275 g/mol. The fourth-order valence-corrected chi connectivity index (χ4v) is 1.69. The average Bonchev–Trinajstić information content (AvgIpc) is 2.43. The SMILES string of the molecule is COc1cc(NC(=O)c2ccc(C)c(O)c2)ccc1F. The molecule has 0 radical (unpaired) electrons. The molecule has 0 saturated heterocycles. The maximum absolute atomic E-state index is 13.3. The summed E-state index contributed by atoms with van der Waals surface area (Å²) >= 11 is 0. The number of methoxy groups -OCH3 is 1. The van der Waals surface area contributed by atoms with Gasteiger partial charge in [-0.2, -0.15) is 0 Å². The molecule has 0 unspecified atom stereocenters. The lowest BCUT2D eigenvalue weighted by Gasteiger charge is -2.08. The van der Waals surface area contributed by atoms with E-state index in [-0.39, 0.29) is 11.5 Å². The van der Waals surface area contributed by atoms with Gasteiger partial charge in [0.15, 0.2) is 11.6 Å². The van der Waals surface area contributed by atoms with Crippen LogP contribution in [0.4, 0.5) is 10.1 Å². The summed E-state index contributed by atoms with van der Waals surface area (Å²) in [5, 5.41) is 12.2. The van der Waals surface area contributed by atoms with Crippen LogP contribution in [0.5, 0.6) is 11.5 Å². The summed E-state index contributed by atoms with van der Waals surface area (Å²) in [6, 6.07) is 8.66. The molecule has 0 spiro atoms. The number of hydrogen-bond acceptors (Lipinski definition) is 3. The molecule has 0 aliphatic carbocycles. The van der Waals surface area contributed by atoms with Gasteiger partial charge in [0.05, 0.1) is 7.11 Å². The minimum atomic E-state index is -0.501. The lowest BCUT2D eigenvalue weighted by Crippen LogP contribution is -2.12. The van der Waals surface area contributed by atoms with Gasteiger partial charge in [0.2, 0.25) is 0 Å². The largest absolute Gasteiger partial charge is 0.508 e. The number of carbonyl (C=O) groups is 1. The number of ether oxygens (including phenoxy) is 1. The van der Waals surface area contributed by atoms with Gasteiger partial charge in [-0.15, -0.1) is 0 Å². The minimum Gasteiger partial charge on any atom is -0.508 e. The second kappa shape index (κ2) is 5.61. The second-order valence-corrected chi connectivity index (χ2v) is 4.30. The predicted molar refractivity (Wildman–Crippen MR) is 73.7 cm³/mol. The minimum absolute atomic E-state index is 0.0503. The van der Waals surface area contributed by atoms with Gasteiger partial charge >= 0.3 is 0 Å². The number of phenols is 1. The van der Waals surface area contributed by atoms with Gasteiger partial charge in [-0.05, 0) is 36.8 Å². The van der Waals surface area contributed by atoms with Crippen molar-refractivity contribution in [2.45, 2.75) is 6.92 Å². The van der Waals surface area contributed by atoms with Crippen LogP contribution in [0.15, 0.2) is 36.4 Å². The Morgan fingerprint density at radius 2 is 2.00 bits per heavy atom. The Balaban J connectivity index is 2.21. The summed E-state index contributed by atoms with van der Waals surface area (Å²) in [5.41, 5.74) is 1.41. The van der Waals surface area contributed by atoms with Crippen LogP contribution >= 0.6 is 0 Å². The number of halogens is 1. The smallest absolute Gasteiger partial charge is 0.255 e. The first-order valence-electron chi connectivity index (χ1n) is 5.96. The van der Waals surface area contributed by atoms with Gasteiger partial charge in [0.1, 0.15) is 5.75 Å². The fourth-order valence-electron chi connectivity index (χ4n) is 1.69. The van der Waals surface area contributed by atoms with Gasteiger partial charge in [0, 0.05) is 17.3 Å². The van der Waals surface area contributed by atoms with Crippen molar-refractivity contribution in [3.63, 3.8) is 0 Å². The Bertz CT molecular complexity index is 656. The molecule has 1 amide bonds. The van der Waals surface area contributed by atoms with E-state index >= 15 is 0 Å². The Morgan fingerprint density at radius 3 is 2.65 bits per heavy atom. The Hall–Kier alpha value is -2.56. The van der Waals surface area contributed by atoms with Crippen LogP contribution in [-0.4, -0.2) is 18.1 Å². The first-order chi connectivity index (χ1) is 9.51. The molecule has 104 valence electrons. The van der Waals surface area contributed by atoms with E-state index < -0.39 is 11.7 Å². The van der Waals surface area contributed by atoms with Crippen molar-refractivity contribution in [3.05, 3.63) is 53.3 Å². The number of carbonyl (C=O) groups excluding carboxylic acids is 1. The van der Waals surface area contributed by atoms with E-state index in [1.807, 2.05) is 0 Å². The average molecular weight is 275 g/mol. The number of aromatic hydroxyl groups is 1. The molecule has 0 aromatic heterocycles. The van der Waals surface area contributed by atoms with Crippen LogP contribution in [0.25, 0.3) is 0 Å². The summed E-state index contributed by atoms with van der Waals surface area (Å²) in [6.45, 7) is 1.74. The summed E-state index contributed by atoms with van der Waals surface area (Å²) in [5.74, 6) is -0.795. The lowest BCUT2D eigenvalue weighted by molar-refractivity contribution is 0.102. The number of aryl methyl sites for hydroxylation is 1. The number of amides is 1. The van der Waals surface area contributed by atoms with E-state index in [0.29, 0.717) is 16.8 Å². The first kappa shape index (κ1) is 13.9. The van der Waals surface area contributed by atoms with Crippen LogP contribution < -0.4 is 10.1 Å². The zero-order valence-electron chi connectivity index (χ0n) is 11.1. The molecule has 0 aliphatic heterocycles. The molecule has 5 heteroatoms. The molecule has 0 atom stereocenters. The Labute approximate surface area is 115 Å². The maximum Gasteiger partial charge on any atom is 0.255 e.